The van der Waals surface area contributed by atoms with Crippen molar-refractivity contribution in [1.29, 1.82) is 0 Å². The van der Waals surface area contributed by atoms with E-state index in [0.29, 0.717) is 6.61 Å². The van der Waals surface area contributed by atoms with Gasteiger partial charge in [-0.05, 0) is 12.0 Å². The molecule has 1 aromatic carbocycles. The van der Waals surface area contributed by atoms with Gasteiger partial charge in [-0.1, -0.05) is 51.1 Å². The van der Waals surface area contributed by atoms with Crippen molar-refractivity contribution in [3.8, 4) is 0 Å². The summed E-state index contributed by atoms with van der Waals surface area (Å²) in [5.74, 6) is 0. The van der Waals surface area contributed by atoms with Crippen LogP contribution in [-0.4, -0.2) is 11.4 Å². The summed E-state index contributed by atoms with van der Waals surface area (Å²) in [6.07, 6.45) is 0.186. The maximum absolute atomic E-state index is 9.82. The van der Waals surface area contributed by atoms with Crippen LogP contribution in [0.2, 0.25) is 0 Å². The standard InChI is InChI=1S/C13H20O2/c1-4-13(2,3)12(14)15-10-11-8-6-5-7-9-11/h5-9,12,14H,4,10H2,1-3H3. The van der Waals surface area contributed by atoms with Crippen molar-refractivity contribution in [3.05, 3.63) is 35.9 Å². The van der Waals surface area contributed by atoms with E-state index < -0.39 is 6.29 Å². The second-order valence-corrected chi connectivity index (χ2v) is 4.49. The van der Waals surface area contributed by atoms with Crippen LogP contribution in [-0.2, 0) is 11.3 Å². The third kappa shape index (κ3) is 3.65. The third-order valence-electron chi connectivity index (χ3n) is 2.83. The molecular weight excluding hydrogens is 188 g/mol. The predicted molar refractivity (Wildman–Crippen MR) is 61.3 cm³/mol. The molecule has 15 heavy (non-hydrogen) atoms. The number of hydrogen-bond acceptors (Lipinski definition) is 2. The summed E-state index contributed by atoms with van der Waals surface area (Å²) in [4.78, 5) is 0. The van der Waals surface area contributed by atoms with Crippen molar-refractivity contribution in [3.63, 3.8) is 0 Å². The zero-order valence-electron chi connectivity index (χ0n) is 9.73. The first-order valence-corrected chi connectivity index (χ1v) is 5.40. The Morgan fingerprint density at radius 2 is 1.87 bits per heavy atom. The van der Waals surface area contributed by atoms with Crippen LogP contribution in [0.25, 0.3) is 0 Å². The Bertz CT molecular complexity index is 280. The van der Waals surface area contributed by atoms with Crippen molar-refractivity contribution in [1.82, 2.24) is 0 Å². The van der Waals surface area contributed by atoms with Crippen molar-refractivity contribution < 1.29 is 9.84 Å². The zero-order valence-corrected chi connectivity index (χ0v) is 9.73. The molecule has 0 aliphatic heterocycles. The highest BCUT2D eigenvalue weighted by Gasteiger charge is 2.26. The van der Waals surface area contributed by atoms with Crippen LogP contribution in [0.3, 0.4) is 0 Å². The average Bonchev–Trinajstić information content (AvgIpc) is 2.27. The van der Waals surface area contributed by atoms with Crippen molar-refractivity contribution in [2.75, 3.05) is 0 Å². The van der Waals surface area contributed by atoms with E-state index in [1.165, 1.54) is 0 Å². The maximum Gasteiger partial charge on any atom is 0.160 e. The van der Waals surface area contributed by atoms with Crippen LogP contribution in [0.4, 0.5) is 0 Å². The highest BCUT2D eigenvalue weighted by Crippen LogP contribution is 2.26. The lowest BCUT2D eigenvalue weighted by atomic mass is 9.89. The van der Waals surface area contributed by atoms with E-state index in [0.717, 1.165) is 12.0 Å². The number of benzene rings is 1. The Labute approximate surface area is 91.9 Å². The minimum atomic E-state index is -0.706. The van der Waals surface area contributed by atoms with Gasteiger partial charge in [0, 0.05) is 5.41 Å². The van der Waals surface area contributed by atoms with Gasteiger partial charge >= 0.3 is 0 Å². The molecule has 1 atom stereocenters. The molecule has 2 heteroatoms. The first-order valence-electron chi connectivity index (χ1n) is 5.40. The van der Waals surface area contributed by atoms with E-state index in [1.54, 1.807) is 0 Å². The summed E-state index contributed by atoms with van der Waals surface area (Å²) >= 11 is 0. The van der Waals surface area contributed by atoms with Gasteiger partial charge in [0.15, 0.2) is 6.29 Å². The molecule has 0 aliphatic carbocycles. The van der Waals surface area contributed by atoms with Crippen LogP contribution < -0.4 is 0 Å². The summed E-state index contributed by atoms with van der Waals surface area (Å²) in [5.41, 5.74) is 0.901. The van der Waals surface area contributed by atoms with Crippen LogP contribution in [0.5, 0.6) is 0 Å². The van der Waals surface area contributed by atoms with Gasteiger partial charge in [0.1, 0.15) is 0 Å². The molecule has 1 N–H and O–H groups in total. The molecular formula is C13H20O2. The molecule has 1 aromatic rings. The number of rotatable bonds is 5. The highest BCUT2D eigenvalue weighted by molar-refractivity contribution is 5.13. The van der Waals surface area contributed by atoms with Gasteiger partial charge in [0.2, 0.25) is 0 Å². The largest absolute Gasteiger partial charge is 0.367 e. The van der Waals surface area contributed by atoms with E-state index in [2.05, 4.69) is 6.92 Å². The molecule has 0 fully saturated rings. The van der Waals surface area contributed by atoms with Gasteiger partial charge in [-0.3, -0.25) is 0 Å². The second-order valence-electron chi connectivity index (χ2n) is 4.49. The minimum Gasteiger partial charge on any atom is -0.367 e. The van der Waals surface area contributed by atoms with Gasteiger partial charge in [-0.25, -0.2) is 0 Å². The summed E-state index contributed by atoms with van der Waals surface area (Å²) in [6.45, 7) is 6.52. The Kier molecular flexibility index (Phi) is 4.30. The smallest absolute Gasteiger partial charge is 0.160 e. The SMILES string of the molecule is CCC(C)(C)C(O)OCc1ccccc1. The highest BCUT2D eigenvalue weighted by atomic mass is 16.6. The van der Waals surface area contributed by atoms with Crippen LogP contribution in [0, 0.1) is 5.41 Å². The molecule has 2 nitrogen and oxygen atoms in total. The zero-order chi connectivity index (χ0) is 11.3. The Morgan fingerprint density at radius 3 is 2.40 bits per heavy atom. The lowest BCUT2D eigenvalue weighted by Crippen LogP contribution is -2.31. The average molecular weight is 208 g/mol. The van der Waals surface area contributed by atoms with E-state index in [9.17, 15) is 5.11 Å². The number of hydrogen-bond donors (Lipinski definition) is 1. The molecule has 0 saturated heterocycles. The molecule has 0 amide bonds. The fourth-order valence-corrected chi connectivity index (χ4v) is 1.15. The van der Waals surface area contributed by atoms with E-state index in [1.807, 2.05) is 44.2 Å². The van der Waals surface area contributed by atoms with Crippen molar-refractivity contribution >= 4 is 0 Å². The molecule has 1 unspecified atom stereocenters. The predicted octanol–water partition coefficient (Wildman–Crippen LogP) is 2.96. The van der Waals surface area contributed by atoms with Gasteiger partial charge in [0.05, 0.1) is 6.61 Å². The first kappa shape index (κ1) is 12.2. The fourth-order valence-electron chi connectivity index (χ4n) is 1.15. The molecule has 0 saturated carbocycles. The van der Waals surface area contributed by atoms with Gasteiger partial charge in [0.25, 0.3) is 0 Å². The fraction of sp³-hybridized carbons (Fsp3) is 0.538. The number of ether oxygens (including phenoxy) is 1. The quantitative estimate of drug-likeness (QED) is 0.754. The second kappa shape index (κ2) is 5.29. The number of aliphatic hydroxyl groups is 1. The van der Waals surface area contributed by atoms with Gasteiger partial charge < -0.3 is 9.84 Å². The van der Waals surface area contributed by atoms with Gasteiger partial charge in [-0.2, -0.15) is 0 Å². The third-order valence-corrected chi connectivity index (χ3v) is 2.83. The molecule has 0 radical (unpaired) electrons. The lowest BCUT2D eigenvalue weighted by Gasteiger charge is -2.28. The number of aliphatic hydroxyl groups excluding tert-OH is 1. The summed E-state index contributed by atoms with van der Waals surface area (Å²) in [5, 5.41) is 9.82. The molecule has 0 spiro atoms. The first-order chi connectivity index (χ1) is 7.06. The molecule has 84 valence electrons. The van der Waals surface area contributed by atoms with Crippen LogP contribution >= 0.6 is 0 Å². The topological polar surface area (TPSA) is 29.5 Å². The van der Waals surface area contributed by atoms with Crippen molar-refractivity contribution in [2.45, 2.75) is 40.1 Å². The van der Waals surface area contributed by atoms with Crippen molar-refractivity contribution in [2.24, 2.45) is 5.41 Å². The maximum atomic E-state index is 9.82. The monoisotopic (exact) mass is 208 g/mol. The molecule has 0 aromatic heterocycles. The van der Waals surface area contributed by atoms with Gasteiger partial charge in [-0.15, -0.1) is 0 Å². The summed E-state index contributed by atoms with van der Waals surface area (Å²) < 4.78 is 5.44. The molecule has 0 heterocycles. The molecule has 0 aliphatic rings. The van der Waals surface area contributed by atoms with E-state index >= 15 is 0 Å². The molecule has 1 rings (SSSR count). The summed E-state index contributed by atoms with van der Waals surface area (Å²) in [7, 11) is 0. The molecule has 0 bridgehead atoms. The minimum absolute atomic E-state index is 0.186. The van der Waals surface area contributed by atoms with Crippen LogP contribution in [0.1, 0.15) is 32.8 Å². The Morgan fingerprint density at radius 1 is 1.27 bits per heavy atom. The summed E-state index contributed by atoms with van der Waals surface area (Å²) in [6, 6.07) is 9.89. The lowest BCUT2D eigenvalue weighted by molar-refractivity contribution is -0.172. The Hall–Kier alpha value is -0.860. The van der Waals surface area contributed by atoms with E-state index in [-0.39, 0.29) is 5.41 Å². The van der Waals surface area contributed by atoms with Crippen LogP contribution in [0.15, 0.2) is 30.3 Å². The Balaban J connectivity index is 2.44. The van der Waals surface area contributed by atoms with E-state index in [4.69, 9.17) is 4.74 Å². The normalized spacial score (nSPS) is 13.9.